The zero-order valence-corrected chi connectivity index (χ0v) is 21.2. The van der Waals surface area contributed by atoms with E-state index in [9.17, 15) is 4.79 Å². The number of carbonyl (C=O) groups excluding carboxylic acids is 1. The third-order valence-electron chi connectivity index (χ3n) is 5.97. The van der Waals surface area contributed by atoms with E-state index in [1.807, 2.05) is 29.2 Å². The van der Waals surface area contributed by atoms with Gasteiger partial charge in [-0.1, -0.05) is 47.2 Å². The van der Waals surface area contributed by atoms with E-state index in [0.29, 0.717) is 16.4 Å². The predicted octanol–water partition coefficient (Wildman–Crippen LogP) is 6.15. The fourth-order valence-electron chi connectivity index (χ4n) is 4.32. The molecular formula is C25H26ClN3O2S2. The minimum atomic E-state index is -0.0726. The highest BCUT2D eigenvalue weighted by Crippen LogP contribution is 2.38. The van der Waals surface area contributed by atoms with E-state index >= 15 is 0 Å². The number of rotatable bonds is 6. The summed E-state index contributed by atoms with van der Waals surface area (Å²) in [5, 5.41) is 2.20. The van der Waals surface area contributed by atoms with Crippen molar-refractivity contribution in [2.75, 3.05) is 44.3 Å². The average molecular weight is 500 g/mol. The van der Waals surface area contributed by atoms with Crippen molar-refractivity contribution in [3.05, 3.63) is 57.4 Å². The van der Waals surface area contributed by atoms with E-state index in [1.54, 1.807) is 11.3 Å². The van der Waals surface area contributed by atoms with Crippen molar-refractivity contribution >= 4 is 65.6 Å². The number of morpholine rings is 1. The van der Waals surface area contributed by atoms with E-state index in [-0.39, 0.29) is 5.91 Å². The lowest BCUT2D eigenvalue weighted by molar-refractivity contribution is 0.0376. The van der Waals surface area contributed by atoms with Crippen molar-refractivity contribution in [1.29, 1.82) is 0 Å². The summed E-state index contributed by atoms with van der Waals surface area (Å²) in [7, 11) is 0. The number of halogens is 1. The zero-order chi connectivity index (χ0) is 22.9. The highest BCUT2D eigenvalue weighted by molar-refractivity contribution is 7.23. The fraction of sp³-hybridized carbons (Fsp3) is 0.360. The number of aryl methyl sites for hydroxylation is 2. The quantitative estimate of drug-likeness (QED) is 0.319. The number of aromatic nitrogens is 1. The zero-order valence-electron chi connectivity index (χ0n) is 18.8. The number of carbonyl (C=O) groups is 1. The van der Waals surface area contributed by atoms with Crippen molar-refractivity contribution in [1.82, 2.24) is 9.88 Å². The number of hydrogen-bond acceptors (Lipinski definition) is 6. The highest BCUT2D eigenvalue weighted by Gasteiger charge is 2.26. The molecule has 33 heavy (non-hydrogen) atoms. The normalized spacial score (nSPS) is 14.9. The van der Waals surface area contributed by atoms with Gasteiger partial charge < -0.3 is 4.74 Å². The lowest BCUT2D eigenvalue weighted by atomic mass is 10.1. The Labute approximate surface area is 206 Å². The number of thiazole rings is 1. The molecule has 0 spiro atoms. The smallest absolute Gasteiger partial charge is 0.271 e. The molecule has 5 nitrogen and oxygen atoms in total. The van der Waals surface area contributed by atoms with Crippen LogP contribution in [0.15, 0.2) is 36.4 Å². The number of hydrogen-bond donors (Lipinski definition) is 0. The summed E-state index contributed by atoms with van der Waals surface area (Å²) in [5.74, 6) is -0.0726. The van der Waals surface area contributed by atoms with Crippen LogP contribution in [0.4, 0.5) is 5.13 Å². The van der Waals surface area contributed by atoms with Gasteiger partial charge in [-0.05, 0) is 43.5 Å². The molecule has 0 aliphatic carbocycles. The van der Waals surface area contributed by atoms with Gasteiger partial charge >= 0.3 is 0 Å². The van der Waals surface area contributed by atoms with Gasteiger partial charge in [0.2, 0.25) is 0 Å². The van der Waals surface area contributed by atoms with Gasteiger partial charge in [0.1, 0.15) is 4.88 Å². The van der Waals surface area contributed by atoms with Crippen LogP contribution < -0.4 is 4.90 Å². The molecule has 0 unspecified atom stereocenters. The van der Waals surface area contributed by atoms with Crippen molar-refractivity contribution < 1.29 is 9.53 Å². The Bertz CT molecular complexity index is 1310. The second-order valence-corrected chi connectivity index (χ2v) is 10.8. The number of amides is 1. The van der Waals surface area contributed by atoms with Gasteiger partial charge in [-0.15, -0.1) is 11.3 Å². The minimum Gasteiger partial charge on any atom is -0.379 e. The molecule has 2 aromatic heterocycles. The molecule has 0 N–H and O–H groups in total. The Kier molecular flexibility index (Phi) is 6.67. The van der Waals surface area contributed by atoms with Crippen LogP contribution in [0.2, 0.25) is 5.02 Å². The van der Waals surface area contributed by atoms with Gasteiger partial charge in [0.15, 0.2) is 5.13 Å². The third-order valence-corrected chi connectivity index (χ3v) is 8.87. The van der Waals surface area contributed by atoms with Crippen LogP contribution in [0.25, 0.3) is 20.3 Å². The monoisotopic (exact) mass is 499 g/mol. The summed E-state index contributed by atoms with van der Waals surface area (Å²) in [6.07, 6.45) is 0.863. The maximum atomic E-state index is 13.8. The van der Waals surface area contributed by atoms with Gasteiger partial charge in [-0.2, -0.15) is 0 Å². The standard InChI is InChI=1S/C25H26ClN3O2S2/c1-16-14-17(2)22-19(15-16)27-25(33-22)29(9-5-8-28-10-12-31-13-11-28)24(30)23-21(26)18-6-3-4-7-20(18)32-23/h3-4,6-7,14-15H,5,8-13H2,1-2H3. The van der Waals surface area contributed by atoms with Crippen LogP contribution in [0.1, 0.15) is 27.2 Å². The summed E-state index contributed by atoms with van der Waals surface area (Å²) < 4.78 is 7.61. The van der Waals surface area contributed by atoms with Crippen LogP contribution in [-0.4, -0.2) is 55.2 Å². The van der Waals surface area contributed by atoms with Crippen LogP contribution in [0.3, 0.4) is 0 Å². The molecule has 1 amide bonds. The molecule has 2 aromatic carbocycles. The van der Waals surface area contributed by atoms with Crippen molar-refractivity contribution in [2.45, 2.75) is 20.3 Å². The number of anilines is 1. The lowest BCUT2D eigenvalue weighted by Crippen LogP contribution is -2.39. The van der Waals surface area contributed by atoms with E-state index < -0.39 is 0 Å². The minimum absolute atomic E-state index is 0.0726. The highest BCUT2D eigenvalue weighted by atomic mass is 35.5. The molecule has 0 atom stereocenters. The van der Waals surface area contributed by atoms with Gasteiger partial charge in [0, 0.05) is 36.3 Å². The van der Waals surface area contributed by atoms with Crippen LogP contribution in [0, 0.1) is 13.8 Å². The summed E-state index contributed by atoms with van der Waals surface area (Å²) in [6, 6.07) is 12.2. The second-order valence-electron chi connectivity index (χ2n) is 8.43. The van der Waals surface area contributed by atoms with E-state index in [1.165, 1.54) is 22.5 Å². The predicted molar refractivity (Wildman–Crippen MR) is 139 cm³/mol. The van der Waals surface area contributed by atoms with Gasteiger partial charge in [-0.3, -0.25) is 14.6 Å². The van der Waals surface area contributed by atoms with Crippen LogP contribution in [-0.2, 0) is 4.74 Å². The molecule has 0 radical (unpaired) electrons. The Balaban J connectivity index is 1.48. The van der Waals surface area contributed by atoms with Gasteiger partial charge in [0.25, 0.3) is 5.91 Å². The first-order valence-electron chi connectivity index (χ1n) is 11.2. The molecule has 1 aliphatic heterocycles. The third kappa shape index (κ3) is 4.66. The van der Waals surface area contributed by atoms with E-state index in [0.717, 1.165) is 64.7 Å². The van der Waals surface area contributed by atoms with Crippen molar-refractivity contribution in [3.63, 3.8) is 0 Å². The SMILES string of the molecule is Cc1cc(C)c2sc(N(CCCN3CCOCC3)C(=O)c3sc4ccccc4c3Cl)nc2c1. The molecule has 5 rings (SSSR count). The number of benzene rings is 2. The Morgan fingerprint density at radius 1 is 1.18 bits per heavy atom. The second kappa shape index (κ2) is 9.68. The fourth-order valence-corrected chi connectivity index (χ4v) is 6.82. The maximum absolute atomic E-state index is 13.8. The molecule has 1 fully saturated rings. The molecule has 172 valence electrons. The lowest BCUT2D eigenvalue weighted by Gasteiger charge is -2.27. The first-order chi connectivity index (χ1) is 16.0. The summed E-state index contributed by atoms with van der Waals surface area (Å²) in [6.45, 7) is 9.13. The van der Waals surface area contributed by atoms with Crippen LogP contribution >= 0.6 is 34.3 Å². The molecule has 0 bridgehead atoms. The molecule has 4 aromatic rings. The van der Waals surface area contributed by atoms with E-state index in [4.69, 9.17) is 21.3 Å². The van der Waals surface area contributed by atoms with Crippen molar-refractivity contribution in [2.24, 2.45) is 0 Å². The Morgan fingerprint density at radius 3 is 2.76 bits per heavy atom. The summed E-state index contributed by atoms with van der Waals surface area (Å²) in [5.41, 5.74) is 3.31. The molecule has 0 saturated carbocycles. The maximum Gasteiger partial charge on any atom is 0.271 e. The van der Waals surface area contributed by atoms with Gasteiger partial charge in [0.05, 0.1) is 28.5 Å². The molecule has 1 aliphatic rings. The Morgan fingerprint density at radius 2 is 1.97 bits per heavy atom. The van der Waals surface area contributed by atoms with Gasteiger partial charge in [-0.25, -0.2) is 4.98 Å². The van der Waals surface area contributed by atoms with Crippen molar-refractivity contribution in [3.8, 4) is 0 Å². The largest absolute Gasteiger partial charge is 0.379 e. The van der Waals surface area contributed by atoms with Crippen LogP contribution in [0.5, 0.6) is 0 Å². The molecular weight excluding hydrogens is 474 g/mol. The van der Waals surface area contributed by atoms with E-state index in [2.05, 4.69) is 30.9 Å². The average Bonchev–Trinajstić information content (AvgIpc) is 3.39. The first-order valence-corrected chi connectivity index (χ1v) is 13.2. The number of thiophene rings is 1. The molecule has 8 heteroatoms. The summed E-state index contributed by atoms with van der Waals surface area (Å²) in [4.78, 5) is 23.5. The molecule has 3 heterocycles. The number of ether oxygens (including phenoxy) is 1. The summed E-state index contributed by atoms with van der Waals surface area (Å²) >= 11 is 9.73. The molecule has 1 saturated heterocycles. The number of nitrogens with zero attached hydrogens (tertiary/aromatic N) is 3. The topological polar surface area (TPSA) is 45.7 Å². The number of fused-ring (bicyclic) bond motifs is 2. The first kappa shape index (κ1) is 22.7. The Hall–Kier alpha value is -2.03.